The molecule has 0 aliphatic carbocycles. The second kappa shape index (κ2) is 7.41. The molecular formula is C18H27N3. The van der Waals surface area contributed by atoms with Crippen LogP contribution < -0.4 is 5.32 Å². The molecule has 2 rings (SSSR count). The molecular weight excluding hydrogens is 258 g/mol. The van der Waals surface area contributed by atoms with E-state index < -0.39 is 0 Å². The molecule has 1 aromatic carbocycles. The first-order valence-electron chi connectivity index (χ1n) is 7.97. The molecule has 0 fully saturated rings. The minimum atomic E-state index is 0.352. The first-order chi connectivity index (χ1) is 10.1. The number of aryl methyl sites for hydroxylation is 3. The summed E-state index contributed by atoms with van der Waals surface area (Å²) in [5, 5.41) is 8.09. The predicted molar refractivity (Wildman–Crippen MR) is 88.3 cm³/mol. The molecule has 2 aromatic rings. The molecule has 0 saturated heterocycles. The minimum Gasteiger partial charge on any atom is -0.306 e. The Bertz CT molecular complexity index is 554. The quantitative estimate of drug-likeness (QED) is 0.839. The van der Waals surface area contributed by atoms with Crippen molar-refractivity contribution < 1.29 is 0 Å². The SMILES string of the molecule is CCCc1ccc(C(C)NCc2cn(C)nc2CC)cc1. The number of rotatable bonds is 7. The smallest absolute Gasteiger partial charge is 0.0666 e. The van der Waals surface area contributed by atoms with Gasteiger partial charge in [0.2, 0.25) is 0 Å². The van der Waals surface area contributed by atoms with E-state index in [1.807, 2.05) is 11.7 Å². The van der Waals surface area contributed by atoms with E-state index in [0.717, 1.165) is 19.4 Å². The number of benzene rings is 1. The van der Waals surface area contributed by atoms with Crippen LogP contribution in [0.15, 0.2) is 30.5 Å². The molecule has 21 heavy (non-hydrogen) atoms. The van der Waals surface area contributed by atoms with Crippen LogP contribution in [0.1, 0.15) is 55.6 Å². The number of nitrogens with zero attached hydrogens (tertiary/aromatic N) is 2. The fraction of sp³-hybridized carbons (Fsp3) is 0.500. The van der Waals surface area contributed by atoms with Crippen LogP contribution in [0, 0.1) is 0 Å². The van der Waals surface area contributed by atoms with Crippen molar-refractivity contribution in [1.82, 2.24) is 15.1 Å². The average molecular weight is 285 g/mol. The zero-order chi connectivity index (χ0) is 15.2. The maximum absolute atomic E-state index is 4.49. The lowest BCUT2D eigenvalue weighted by Gasteiger charge is -2.14. The van der Waals surface area contributed by atoms with E-state index in [0.29, 0.717) is 6.04 Å². The Morgan fingerprint density at radius 3 is 2.52 bits per heavy atom. The zero-order valence-electron chi connectivity index (χ0n) is 13.7. The standard InChI is InChI=1S/C18H27N3/c1-5-7-15-8-10-16(11-9-15)14(3)19-12-17-13-21(4)20-18(17)6-2/h8-11,13-14,19H,5-7,12H2,1-4H3. The summed E-state index contributed by atoms with van der Waals surface area (Å²) >= 11 is 0. The van der Waals surface area contributed by atoms with Crippen LogP contribution in [-0.2, 0) is 26.4 Å². The van der Waals surface area contributed by atoms with Gasteiger partial charge in [-0.1, -0.05) is 44.5 Å². The normalized spacial score (nSPS) is 12.6. The zero-order valence-corrected chi connectivity index (χ0v) is 13.7. The summed E-state index contributed by atoms with van der Waals surface area (Å²) in [5.41, 5.74) is 5.26. The Morgan fingerprint density at radius 2 is 1.90 bits per heavy atom. The summed E-state index contributed by atoms with van der Waals surface area (Å²) < 4.78 is 1.90. The van der Waals surface area contributed by atoms with E-state index in [2.05, 4.69) is 61.6 Å². The van der Waals surface area contributed by atoms with Gasteiger partial charge in [0.15, 0.2) is 0 Å². The molecule has 0 saturated carbocycles. The van der Waals surface area contributed by atoms with E-state index in [1.54, 1.807) is 0 Å². The molecule has 0 radical (unpaired) electrons. The molecule has 0 bridgehead atoms. The number of hydrogen-bond acceptors (Lipinski definition) is 2. The van der Waals surface area contributed by atoms with E-state index in [9.17, 15) is 0 Å². The molecule has 0 aliphatic heterocycles. The highest BCUT2D eigenvalue weighted by Crippen LogP contribution is 2.16. The number of hydrogen-bond donors (Lipinski definition) is 1. The van der Waals surface area contributed by atoms with Crippen LogP contribution in [0.2, 0.25) is 0 Å². The highest BCUT2D eigenvalue weighted by Gasteiger charge is 2.09. The average Bonchev–Trinajstić information content (AvgIpc) is 2.86. The van der Waals surface area contributed by atoms with Gasteiger partial charge < -0.3 is 5.32 Å². The fourth-order valence-corrected chi connectivity index (χ4v) is 2.67. The molecule has 0 amide bonds. The van der Waals surface area contributed by atoms with Gasteiger partial charge in [0, 0.05) is 31.4 Å². The van der Waals surface area contributed by atoms with Gasteiger partial charge in [-0.2, -0.15) is 5.10 Å². The topological polar surface area (TPSA) is 29.9 Å². The Labute approximate surface area is 128 Å². The molecule has 3 heteroatoms. The van der Waals surface area contributed by atoms with Crippen molar-refractivity contribution in [2.24, 2.45) is 7.05 Å². The van der Waals surface area contributed by atoms with E-state index >= 15 is 0 Å². The van der Waals surface area contributed by atoms with Crippen LogP contribution in [-0.4, -0.2) is 9.78 Å². The van der Waals surface area contributed by atoms with Crippen LogP contribution in [0.4, 0.5) is 0 Å². The van der Waals surface area contributed by atoms with Gasteiger partial charge in [-0.25, -0.2) is 0 Å². The molecule has 1 aromatic heterocycles. The Balaban J connectivity index is 1.96. The lowest BCUT2D eigenvalue weighted by atomic mass is 10.0. The van der Waals surface area contributed by atoms with Gasteiger partial charge in [-0.3, -0.25) is 4.68 Å². The first-order valence-corrected chi connectivity index (χ1v) is 7.97. The molecule has 0 spiro atoms. The third-order valence-corrected chi connectivity index (χ3v) is 3.94. The predicted octanol–water partition coefficient (Wildman–Crippen LogP) is 3.79. The van der Waals surface area contributed by atoms with Crippen LogP contribution in [0.25, 0.3) is 0 Å². The van der Waals surface area contributed by atoms with E-state index in [-0.39, 0.29) is 0 Å². The molecule has 3 nitrogen and oxygen atoms in total. The first kappa shape index (κ1) is 15.8. The van der Waals surface area contributed by atoms with Crippen molar-refractivity contribution in [3.63, 3.8) is 0 Å². The molecule has 114 valence electrons. The van der Waals surface area contributed by atoms with Crippen LogP contribution in [0.3, 0.4) is 0 Å². The van der Waals surface area contributed by atoms with Crippen LogP contribution >= 0.6 is 0 Å². The lowest BCUT2D eigenvalue weighted by Crippen LogP contribution is -2.18. The van der Waals surface area contributed by atoms with Crippen molar-refractivity contribution in [2.45, 2.75) is 52.6 Å². The second-order valence-corrected chi connectivity index (χ2v) is 5.72. The maximum Gasteiger partial charge on any atom is 0.0666 e. The Morgan fingerprint density at radius 1 is 1.19 bits per heavy atom. The summed E-state index contributed by atoms with van der Waals surface area (Å²) in [5.74, 6) is 0. The van der Waals surface area contributed by atoms with Crippen molar-refractivity contribution in [2.75, 3.05) is 0 Å². The van der Waals surface area contributed by atoms with Crippen molar-refractivity contribution in [3.8, 4) is 0 Å². The maximum atomic E-state index is 4.49. The monoisotopic (exact) mass is 285 g/mol. The molecule has 1 atom stereocenters. The molecule has 1 unspecified atom stereocenters. The summed E-state index contributed by atoms with van der Waals surface area (Å²) in [7, 11) is 1.98. The second-order valence-electron chi connectivity index (χ2n) is 5.72. The molecule has 0 aliphatic rings. The van der Waals surface area contributed by atoms with Gasteiger partial charge in [0.25, 0.3) is 0 Å². The van der Waals surface area contributed by atoms with Gasteiger partial charge in [-0.05, 0) is 30.9 Å². The third-order valence-electron chi connectivity index (χ3n) is 3.94. The molecule has 1 heterocycles. The Kier molecular flexibility index (Phi) is 5.57. The Hall–Kier alpha value is -1.61. The van der Waals surface area contributed by atoms with Crippen molar-refractivity contribution >= 4 is 0 Å². The van der Waals surface area contributed by atoms with Crippen molar-refractivity contribution in [3.05, 3.63) is 52.8 Å². The highest BCUT2D eigenvalue weighted by molar-refractivity contribution is 5.25. The number of aromatic nitrogens is 2. The van der Waals surface area contributed by atoms with Crippen molar-refractivity contribution in [1.29, 1.82) is 0 Å². The summed E-state index contributed by atoms with van der Waals surface area (Å²) in [6.45, 7) is 7.46. The van der Waals surface area contributed by atoms with E-state index in [1.165, 1.54) is 28.8 Å². The van der Waals surface area contributed by atoms with Gasteiger partial charge >= 0.3 is 0 Å². The largest absolute Gasteiger partial charge is 0.306 e. The van der Waals surface area contributed by atoms with Crippen LogP contribution in [0.5, 0.6) is 0 Å². The molecule has 1 N–H and O–H groups in total. The van der Waals surface area contributed by atoms with E-state index in [4.69, 9.17) is 0 Å². The van der Waals surface area contributed by atoms with Gasteiger partial charge in [0.05, 0.1) is 5.69 Å². The highest BCUT2D eigenvalue weighted by atomic mass is 15.3. The number of nitrogens with one attached hydrogen (secondary N) is 1. The van der Waals surface area contributed by atoms with Gasteiger partial charge in [0.1, 0.15) is 0 Å². The van der Waals surface area contributed by atoms with Gasteiger partial charge in [-0.15, -0.1) is 0 Å². The summed E-state index contributed by atoms with van der Waals surface area (Å²) in [4.78, 5) is 0. The third kappa shape index (κ3) is 4.18. The lowest BCUT2D eigenvalue weighted by molar-refractivity contribution is 0.572. The summed E-state index contributed by atoms with van der Waals surface area (Å²) in [6.07, 6.45) is 5.46. The fourth-order valence-electron chi connectivity index (χ4n) is 2.67. The minimum absolute atomic E-state index is 0.352. The summed E-state index contributed by atoms with van der Waals surface area (Å²) in [6, 6.07) is 9.33.